The van der Waals surface area contributed by atoms with Crippen LogP contribution in [-0.2, 0) is 13.1 Å². The molecule has 0 spiro atoms. The highest BCUT2D eigenvalue weighted by atomic mass is 79.9. The lowest BCUT2D eigenvalue weighted by Crippen LogP contribution is -1.99. The third-order valence-electron chi connectivity index (χ3n) is 1.80. The van der Waals surface area contributed by atoms with Crippen LogP contribution in [0.1, 0.15) is 11.1 Å². The standard InChI is InChI=1S/C8H8BrN.ClH/c9-8-2-1-6-4-10-5-7(6)3-8;/h1-3,10H,4-5H2;1H. The van der Waals surface area contributed by atoms with Crippen molar-refractivity contribution in [2.75, 3.05) is 0 Å². The fraction of sp³-hybridized carbons (Fsp3) is 0.250. The van der Waals surface area contributed by atoms with Gasteiger partial charge in [-0.25, -0.2) is 0 Å². The molecule has 1 aliphatic heterocycles. The molecule has 1 aromatic rings. The Hall–Kier alpha value is -0.0500. The minimum atomic E-state index is 0. The number of benzene rings is 1. The van der Waals surface area contributed by atoms with Gasteiger partial charge >= 0.3 is 0 Å². The molecular formula is C8H9BrClN. The van der Waals surface area contributed by atoms with Crippen molar-refractivity contribution in [1.82, 2.24) is 5.32 Å². The summed E-state index contributed by atoms with van der Waals surface area (Å²) in [5, 5.41) is 3.29. The summed E-state index contributed by atoms with van der Waals surface area (Å²) in [6, 6.07) is 6.43. The second kappa shape index (κ2) is 3.57. The fourth-order valence-corrected chi connectivity index (χ4v) is 1.67. The predicted octanol–water partition coefficient (Wildman–Crippen LogP) is 2.47. The molecule has 0 saturated heterocycles. The number of hydrogen-bond acceptors (Lipinski definition) is 1. The summed E-state index contributed by atoms with van der Waals surface area (Å²) in [6.45, 7) is 2.05. The van der Waals surface area contributed by atoms with Crippen molar-refractivity contribution < 1.29 is 0 Å². The minimum Gasteiger partial charge on any atom is -0.309 e. The van der Waals surface area contributed by atoms with E-state index < -0.39 is 0 Å². The summed E-state index contributed by atoms with van der Waals surface area (Å²) < 4.78 is 1.18. The number of halogens is 2. The van der Waals surface area contributed by atoms with Gasteiger partial charge in [0.25, 0.3) is 0 Å². The van der Waals surface area contributed by atoms with Crippen molar-refractivity contribution in [1.29, 1.82) is 0 Å². The summed E-state index contributed by atoms with van der Waals surface area (Å²) in [6.07, 6.45) is 0. The predicted molar refractivity (Wildman–Crippen MR) is 51.9 cm³/mol. The van der Waals surface area contributed by atoms with Crippen molar-refractivity contribution in [3.05, 3.63) is 33.8 Å². The average molecular weight is 235 g/mol. The molecule has 3 heteroatoms. The summed E-state index contributed by atoms with van der Waals surface area (Å²) in [7, 11) is 0. The molecule has 0 unspecified atom stereocenters. The van der Waals surface area contributed by atoms with Gasteiger partial charge in [0, 0.05) is 17.6 Å². The van der Waals surface area contributed by atoms with Crippen LogP contribution in [0.3, 0.4) is 0 Å². The Morgan fingerprint density at radius 2 is 1.91 bits per heavy atom. The zero-order chi connectivity index (χ0) is 6.97. The van der Waals surface area contributed by atoms with Gasteiger partial charge in [0.05, 0.1) is 0 Å². The van der Waals surface area contributed by atoms with Gasteiger partial charge in [0.1, 0.15) is 0 Å². The summed E-state index contributed by atoms with van der Waals surface area (Å²) >= 11 is 3.44. The maximum absolute atomic E-state index is 3.44. The van der Waals surface area contributed by atoms with E-state index in [4.69, 9.17) is 0 Å². The van der Waals surface area contributed by atoms with Crippen LogP contribution in [0.25, 0.3) is 0 Å². The van der Waals surface area contributed by atoms with Crippen LogP contribution in [0.5, 0.6) is 0 Å². The molecule has 2 rings (SSSR count). The first-order valence-corrected chi connectivity index (χ1v) is 4.13. The molecule has 0 fully saturated rings. The summed E-state index contributed by atoms with van der Waals surface area (Å²) in [5.74, 6) is 0. The highest BCUT2D eigenvalue weighted by Crippen LogP contribution is 2.19. The highest BCUT2D eigenvalue weighted by Gasteiger charge is 2.08. The van der Waals surface area contributed by atoms with E-state index in [0.29, 0.717) is 0 Å². The van der Waals surface area contributed by atoms with Crippen LogP contribution in [0.4, 0.5) is 0 Å². The maximum atomic E-state index is 3.44. The molecule has 0 aliphatic carbocycles. The molecule has 0 aromatic heterocycles. The first kappa shape index (κ1) is 9.04. The van der Waals surface area contributed by atoms with E-state index in [1.165, 1.54) is 15.6 Å². The van der Waals surface area contributed by atoms with Crippen molar-refractivity contribution in [2.45, 2.75) is 13.1 Å². The lowest BCUT2D eigenvalue weighted by Gasteiger charge is -1.95. The van der Waals surface area contributed by atoms with Crippen molar-refractivity contribution in [3.63, 3.8) is 0 Å². The zero-order valence-electron chi connectivity index (χ0n) is 5.93. The van der Waals surface area contributed by atoms with Crippen LogP contribution in [0.2, 0.25) is 0 Å². The second-order valence-electron chi connectivity index (χ2n) is 2.52. The number of hydrogen-bond donors (Lipinski definition) is 1. The van der Waals surface area contributed by atoms with E-state index in [9.17, 15) is 0 Å². The molecule has 0 bridgehead atoms. The van der Waals surface area contributed by atoms with E-state index >= 15 is 0 Å². The van der Waals surface area contributed by atoms with Crippen molar-refractivity contribution >= 4 is 28.3 Å². The Balaban J connectivity index is 0.000000605. The van der Waals surface area contributed by atoms with Gasteiger partial charge in [-0.15, -0.1) is 12.4 Å². The smallest absolute Gasteiger partial charge is 0.0212 e. The number of fused-ring (bicyclic) bond motifs is 1. The Morgan fingerprint density at radius 3 is 2.73 bits per heavy atom. The molecule has 1 aliphatic rings. The monoisotopic (exact) mass is 233 g/mol. The van der Waals surface area contributed by atoms with Crippen LogP contribution in [-0.4, -0.2) is 0 Å². The van der Waals surface area contributed by atoms with Gasteiger partial charge in [0.15, 0.2) is 0 Å². The van der Waals surface area contributed by atoms with Gasteiger partial charge in [-0.2, -0.15) is 0 Å². The Kier molecular flexibility index (Phi) is 2.93. The molecule has 1 N–H and O–H groups in total. The third-order valence-corrected chi connectivity index (χ3v) is 2.29. The molecule has 0 amide bonds. The zero-order valence-corrected chi connectivity index (χ0v) is 8.33. The van der Waals surface area contributed by atoms with Crippen LogP contribution < -0.4 is 5.32 Å². The van der Waals surface area contributed by atoms with E-state index in [1.807, 2.05) is 0 Å². The molecule has 0 radical (unpaired) electrons. The van der Waals surface area contributed by atoms with Gasteiger partial charge in [-0.1, -0.05) is 22.0 Å². The SMILES string of the molecule is Brc1ccc2c(c1)CNC2.Cl. The summed E-state index contributed by atoms with van der Waals surface area (Å²) in [5.41, 5.74) is 2.86. The molecule has 0 saturated carbocycles. The normalized spacial score (nSPS) is 13.9. The molecule has 0 atom stereocenters. The Bertz CT molecular complexity index is 262. The minimum absolute atomic E-state index is 0. The Morgan fingerprint density at radius 1 is 1.18 bits per heavy atom. The van der Waals surface area contributed by atoms with Gasteiger partial charge in [0.2, 0.25) is 0 Å². The van der Waals surface area contributed by atoms with Gasteiger partial charge < -0.3 is 5.32 Å². The maximum Gasteiger partial charge on any atom is 0.0212 e. The molecular weight excluding hydrogens is 225 g/mol. The van der Waals surface area contributed by atoms with Crippen LogP contribution in [0, 0.1) is 0 Å². The third kappa shape index (κ3) is 1.75. The van der Waals surface area contributed by atoms with E-state index in [2.05, 4.69) is 39.4 Å². The van der Waals surface area contributed by atoms with E-state index in [1.54, 1.807) is 0 Å². The molecule has 1 aromatic carbocycles. The molecule has 11 heavy (non-hydrogen) atoms. The summed E-state index contributed by atoms with van der Waals surface area (Å²) in [4.78, 5) is 0. The van der Waals surface area contributed by atoms with E-state index in [-0.39, 0.29) is 12.4 Å². The number of nitrogens with one attached hydrogen (secondary N) is 1. The van der Waals surface area contributed by atoms with Gasteiger partial charge in [-0.3, -0.25) is 0 Å². The lowest BCUT2D eigenvalue weighted by molar-refractivity contribution is 0.765. The quantitative estimate of drug-likeness (QED) is 0.727. The lowest BCUT2D eigenvalue weighted by atomic mass is 10.1. The molecule has 60 valence electrons. The Labute approximate surface area is 80.7 Å². The largest absolute Gasteiger partial charge is 0.309 e. The first-order valence-electron chi connectivity index (χ1n) is 3.34. The number of rotatable bonds is 0. The topological polar surface area (TPSA) is 12.0 Å². The van der Waals surface area contributed by atoms with Crippen molar-refractivity contribution in [3.8, 4) is 0 Å². The van der Waals surface area contributed by atoms with Crippen molar-refractivity contribution in [2.24, 2.45) is 0 Å². The second-order valence-corrected chi connectivity index (χ2v) is 3.43. The average Bonchev–Trinajstić information content (AvgIpc) is 2.33. The first-order chi connectivity index (χ1) is 4.86. The molecule has 1 nitrogen and oxygen atoms in total. The van der Waals surface area contributed by atoms with E-state index in [0.717, 1.165) is 13.1 Å². The van der Waals surface area contributed by atoms with Crippen LogP contribution >= 0.6 is 28.3 Å². The fourth-order valence-electron chi connectivity index (χ4n) is 1.26. The molecule has 1 heterocycles. The highest BCUT2D eigenvalue weighted by molar-refractivity contribution is 9.10. The van der Waals surface area contributed by atoms with Crippen LogP contribution in [0.15, 0.2) is 22.7 Å². The van der Waals surface area contributed by atoms with Gasteiger partial charge in [-0.05, 0) is 23.3 Å².